The van der Waals surface area contributed by atoms with Gasteiger partial charge in [-0.15, -0.1) is 0 Å². The van der Waals surface area contributed by atoms with E-state index in [-0.39, 0.29) is 5.91 Å². The molecule has 2 fully saturated rings. The van der Waals surface area contributed by atoms with Crippen molar-refractivity contribution in [1.82, 2.24) is 10.2 Å². The lowest BCUT2D eigenvalue weighted by Crippen LogP contribution is -2.51. The largest absolute Gasteiger partial charge is 0.497 e. The summed E-state index contributed by atoms with van der Waals surface area (Å²) in [5, 5.41) is 3.13. The minimum Gasteiger partial charge on any atom is -0.497 e. The first kappa shape index (κ1) is 15.3. The SMILES string of the molecule is COc1ccc(C(=O)NC[C@H]2CCCN3CCCC[C@@H]23)cc1. The fourth-order valence-electron chi connectivity index (χ4n) is 3.88. The Morgan fingerprint density at radius 2 is 1.95 bits per heavy atom. The molecule has 0 aromatic heterocycles. The minimum absolute atomic E-state index is 0.0237. The zero-order valence-electron chi connectivity index (χ0n) is 13.4. The molecule has 1 aromatic carbocycles. The van der Waals surface area contributed by atoms with E-state index in [1.54, 1.807) is 7.11 Å². The van der Waals surface area contributed by atoms with Crippen LogP contribution in [0.15, 0.2) is 24.3 Å². The van der Waals surface area contributed by atoms with Crippen LogP contribution in [-0.2, 0) is 0 Å². The van der Waals surface area contributed by atoms with Gasteiger partial charge < -0.3 is 15.0 Å². The lowest BCUT2D eigenvalue weighted by Gasteiger charge is -2.44. The molecule has 4 heteroatoms. The summed E-state index contributed by atoms with van der Waals surface area (Å²) in [4.78, 5) is 14.9. The Hall–Kier alpha value is -1.55. The Labute approximate surface area is 132 Å². The van der Waals surface area contributed by atoms with Gasteiger partial charge >= 0.3 is 0 Å². The molecule has 0 unspecified atom stereocenters. The lowest BCUT2D eigenvalue weighted by molar-refractivity contribution is 0.0575. The second kappa shape index (κ2) is 7.14. The highest BCUT2D eigenvalue weighted by Gasteiger charge is 2.32. The van der Waals surface area contributed by atoms with E-state index in [1.807, 2.05) is 24.3 Å². The van der Waals surface area contributed by atoms with Gasteiger partial charge in [0.25, 0.3) is 5.91 Å². The van der Waals surface area contributed by atoms with Crippen LogP contribution < -0.4 is 10.1 Å². The molecule has 1 N–H and O–H groups in total. The summed E-state index contributed by atoms with van der Waals surface area (Å²) in [5.74, 6) is 1.41. The van der Waals surface area contributed by atoms with Crippen molar-refractivity contribution in [2.45, 2.75) is 38.1 Å². The molecule has 2 saturated heterocycles. The molecule has 0 spiro atoms. The van der Waals surface area contributed by atoms with Crippen molar-refractivity contribution in [3.63, 3.8) is 0 Å². The van der Waals surface area contributed by atoms with Crippen LogP contribution in [0.5, 0.6) is 5.75 Å². The number of hydrogen-bond acceptors (Lipinski definition) is 3. The Balaban J connectivity index is 1.55. The Kier molecular flexibility index (Phi) is 4.98. The third-order valence-electron chi connectivity index (χ3n) is 5.11. The first-order chi connectivity index (χ1) is 10.8. The van der Waals surface area contributed by atoms with Gasteiger partial charge in [0.15, 0.2) is 0 Å². The van der Waals surface area contributed by atoms with Crippen LogP contribution in [0.2, 0.25) is 0 Å². The van der Waals surface area contributed by atoms with Gasteiger partial charge in [-0.05, 0) is 69.0 Å². The van der Waals surface area contributed by atoms with Gasteiger partial charge in [0.1, 0.15) is 5.75 Å². The predicted molar refractivity (Wildman–Crippen MR) is 87.3 cm³/mol. The highest BCUT2D eigenvalue weighted by Crippen LogP contribution is 2.30. The van der Waals surface area contributed by atoms with Crippen molar-refractivity contribution in [1.29, 1.82) is 0 Å². The second-order valence-corrected chi connectivity index (χ2v) is 6.44. The summed E-state index contributed by atoms with van der Waals surface area (Å²) < 4.78 is 5.13. The third kappa shape index (κ3) is 3.43. The van der Waals surface area contributed by atoms with Crippen LogP contribution >= 0.6 is 0 Å². The fraction of sp³-hybridized carbons (Fsp3) is 0.611. The van der Waals surface area contributed by atoms with E-state index in [0.717, 1.165) is 12.3 Å². The van der Waals surface area contributed by atoms with Crippen LogP contribution in [0.3, 0.4) is 0 Å². The van der Waals surface area contributed by atoms with E-state index in [2.05, 4.69) is 10.2 Å². The predicted octanol–water partition coefficient (Wildman–Crippen LogP) is 2.69. The van der Waals surface area contributed by atoms with Gasteiger partial charge in [-0.25, -0.2) is 0 Å². The zero-order chi connectivity index (χ0) is 15.4. The Morgan fingerprint density at radius 3 is 2.73 bits per heavy atom. The average molecular weight is 302 g/mol. The molecule has 1 aromatic rings. The number of methoxy groups -OCH3 is 1. The molecular weight excluding hydrogens is 276 g/mol. The van der Waals surface area contributed by atoms with E-state index in [4.69, 9.17) is 4.74 Å². The molecule has 22 heavy (non-hydrogen) atoms. The third-order valence-corrected chi connectivity index (χ3v) is 5.11. The van der Waals surface area contributed by atoms with Crippen molar-refractivity contribution in [2.24, 2.45) is 5.92 Å². The first-order valence-corrected chi connectivity index (χ1v) is 8.44. The number of nitrogens with one attached hydrogen (secondary N) is 1. The van der Waals surface area contributed by atoms with Crippen molar-refractivity contribution >= 4 is 5.91 Å². The summed E-state index contributed by atoms with van der Waals surface area (Å²) in [7, 11) is 1.63. The number of carbonyl (C=O) groups is 1. The monoisotopic (exact) mass is 302 g/mol. The smallest absolute Gasteiger partial charge is 0.251 e. The first-order valence-electron chi connectivity index (χ1n) is 8.44. The molecule has 0 aliphatic carbocycles. The molecule has 3 rings (SSSR count). The Bertz CT molecular complexity index is 498. The molecule has 0 radical (unpaired) electrons. The van der Waals surface area contributed by atoms with E-state index in [0.29, 0.717) is 17.5 Å². The summed E-state index contributed by atoms with van der Waals surface area (Å²) in [6.07, 6.45) is 6.47. The highest BCUT2D eigenvalue weighted by molar-refractivity contribution is 5.94. The maximum atomic E-state index is 12.3. The molecule has 1 amide bonds. The van der Waals surface area contributed by atoms with E-state index < -0.39 is 0 Å². The number of fused-ring (bicyclic) bond motifs is 1. The Morgan fingerprint density at radius 1 is 1.18 bits per heavy atom. The molecule has 4 nitrogen and oxygen atoms in total. The summed E-state index contributed by atoms with van der Waals surface area (Å²) >= 11 is 0. The van der Waals surface area contributed by atoms with Crippen LogP contribution in [0.1, 0.15) is 42.5 Å². The van der Waals surface area contributed by atoms with Gasteiger partial charge in [-0.1, -0.05) is 6.42 Å². The number of benzene rings is 1. The molecular formula is C18H26N2O2. The maximum absolute atomic E-state index is 12.3. The average Bonchev–Trinajstić information content (AvgIpc) is 2.59. The summed E-state index contributed by atoms with van der Waals surface area (Å²) in [6.45, 7) is 3.28. The summed E-state index contributed by atoms with van der Waals surface area (Å²) in [5.41, 5.74) is 0.706. The second-order valence-electron chi connectivity index (χ2n) is 6.44. The number of carbonyl (C=O) groups excluding carboxylic acids is 1. The number of rotatable bonds is 4. The minimum atomic E-state index is 0.0237. The van der Waals surface area contributed by atoms with E-state index >= 15 is 0 Å². The molecule has 120 valence electrons. The molecule has 2 heterocycles. The van der Waals surface area contributed by atoms with E-state index in [1.165, 1.54) is 45.2 Å². The van der Waals surface area contributed by atoms with Crippen LogP contribution in [0, 0.1) is 5.92 Å². The van der Waals surface area contributed by atoms with Crippen LogP contribution in [0.25, 0.3) is 0 Å². The van der Waals surface area contributed by atoms with Crippen molar-refractivity contribution in [2.75, 3.05) is 26.7 Å². The van der Waals surface area contributed by atoms with Crippen LogP contribution in [-0.4, -0.2) is 43.6 Å². The molecule has 2 atom stereocenters. The van der Waals surface area contributed by atoms with Gasteiger partial charge in [0.2, 0.25) is 0 Å². The number of ether oxygens (including phenoxy) is 1. The zero-order valence-corrected chi connectivity index (χ0v) is 13.4. The van der Waals surface area contributed by atoms with Crippen molar-refractivity contribution < 1.29 is 9.53 Å². The molecule has 0 bridgehead atoms. The van der Waals surface area contributed by atoms with Crippen molar-refractivity contribution in [3.05, 3.63) is 29.8 Å². The van der Waals surface area contributed by atoms with Crippen molar-refractivity contribution in [3.8, 4) is 5.75 Å². The molecule has 0 saturated carbocycles. The quantitative estimate of drug-likeness (QED) is 0.930. The van der Waals surface area contributed by atoms with Gasteiger partial charge in [-0.3, -0.25) is 4.79 Å². The molecule has 2 aliphatic rings. The fourth-order valence-corrected chi connectivity index (χ4v) is 3.88. The van der Waals surface area contributed by atoms with Gasteiger partial charge in [0, 0.05) is 18.2 Å². The van der Waals surface area contributed by atoms with Crippen LogP contribution in [0.4, 0.5) is 0 Å². The molecule has 2 aliphatic heterocycles. The maximum Gasteiger partial charge on any atom is 0.251 e. The standard InChI is InChI=1S/C18H26N2O2/c1-22-16-9-7-14(8-10-16)18(21)19-13-15-5-4-12-20-11-3-2-6-17(15)20/h7-10,15,17H,2-6,11-13H2,1H3,(H,19,21)/t15-,17+/m1/s1. The normalized spacial score (nSPS) is 25.3. The number of amides is 1. The summed E-state index contributed by atoms with van der Waals surface area (Å²) in [6, 6.07) is 7.99. The number of hydrogen-bond donors (Lipinski definition) is 1. The van der Waals surface area contributed by atoms with E-state index in [9.17, 15) is 4.79 Å². The number of piperidine rings is 2. The van der Waals surface area contributed by atoms with Gasteiger partial charge in [0.05, 0.1) is 7.11 Å². The highest BCUT2D eigenvalue weighted by atomic mass is 16.5. The topological polar surface area (TPSA) is 41.6 Å². The van der Waals surface area contributed by atoms with Gasteiger partial charge in [-0.2, -0.15) is 0 Å². The lowest BCUT2D eigenvalue weighted by atomic mass is 9.83. The number of nitrogens with zero attached hydrogens (tertiary/aromatic N) is 1.